The number of hydrogen-bond acceptors (Lipinski definition) is 4. The maximum atomic E-state index is 13.6. The minimum absolute atomic E-state index is 0.00382. The van der Waals surface area contributed by atoms with E-state index in [0.717, 1.165) is 0 Å². The number of aryl methyl sites for hydroxylation is 2. The maximum Gasteiger partial charge on any atom is 0.290 e. The number of amides is 2. The van der Waals surface area contributed by atoms with E-state index < -0.39 is 11.8 Å². The Morgan fingerprint density at radius 1 is 1.04 bits per heavy atom. The zero-order chi connectivity index (χ0) is 20.1. The predicted octanol–water partition coefficient (Wildman–Crippen LogP) is 1.95. The van der Waals surface area contributed by atoms with Crippen LogP contribution in [0.2, 0.25) is 0 Å². The molecule has 0 unspecified atom stereocenters. The third kappa shape index (κ3) is 4.06. The third-order valence-electron chi connectivity index (χ3n) is 4.28. The molecular weight excluding hydrogens is 363 g/mol. The number of carbonyl (C=O) groups is 2. The lowest BCUT2D eigenvalue weighted by Crippen LogP contribution is -2.42. The normalized spacial score (nSPS) is 10.6. The number of nitrogens with zero attached hydrogens (tertiary/aromatic N) is 2. The van der Waals surface area contributed by atoms with Crippen LogP contribution in [0.3, 0.4) is 0 Å². The van der Waals surface area contributed by atoms with Crippen molar-refractivity contribution in [1.82, 2.24) is 20.6 Å². The predicted molar refractivity (Wildman–Crippen MR) is 102 cm³/mol. The number of aromatic nitrogens is 2. The summed E-state index contributed by atoms with van der Waals surface area (Å²) in [5, 5.41) is 4.86. The topological polar surface area (TPSA) is 93.1 Å². The number of fused-ring (bicyclic) bond motifs is 1. The molecule has 0 aliphatic rings. The first-order chi connectivity index (χ1) is 13.5. The van der Waals surface area contributed by atoms with Crippen LogP contribution >= 0.6 is 0 Å². The summed E-state index contributed by atoms with van der Waals surface area (Å²) in [5.41, 5.74) is 4.77. The SMILES string of the molecule is CCn1nc(C(=O)NNC(=O)CCc2ccccc2F)c2ccccc2c1=O. The van der Waals surface area contributed by atoms with Gasteiger partial charge in [0.05, 0.1) is 5.39 Å². The van der Waals surface area contributed by atoms with Gasteiger partial charge in [-0.1, -0.05) is 36.4 Å². The lowest BCUT2D eigenvalue weighted by molar-refractivity contribution is -0.121. The number of carbonyl (C=O) groups excluding carboxylic acids is 2. The first-order valence-electron chi connectivity index (χ1n) is 8.83. The van der Waals surface area contributed by atoms with Crippen molar-refractivity contribution < 1.29 is 14.0 Å². The summed E-state index contributed by atoms with van der Waals surface area (Å²) in [4.78, 5) is 36.8. The van der Waals surface area contributed by atoms with Gasteiger partial charge >= 0.3 is 0 Å². The molecule has 3 aromatic rings. The fraction of sp³-hybridized carbons (Fsp3) is 0.200. The highest BCUT2D eigenvalue weighted by atomic mass is 19.1. The Balaban J connectivity index is 1.70. The van der Waals surface area contributed by atoms with Gasteiger partial charge in [-0.2, -0.15) is 5.10 Å². The van der Waals surface area contributed by atoms with Gasteiger partial charge in [-0.25, -0.2) is 9.07 Å². The highest BCUT2D eigenvalue weighted by Gasteiger charge is 2.16. The van der Waals surface area contributed by atoms with Gasteiger partial charge < -0.3 is 0 Å². The van der Waals surface area contributed by atoms with Gasteiger partial charge in [0.15, 0.2) is 5.69 Å². The minimum Gasteiger partial charge on any atom is -0.273 e. The van der Waals surface area contributed by atoms with Crippen LogP contribution in [0, 0.1) is 5.82 Å². The van der Waals surface area contributed by atoms with Crippen LogP contribution in [-0.4, -0.2) is 21.6 Å². The molecule has 28 heavy (non-hydrogen) atoms. The fourth-order valence-electron chi connectivity index (χ4n) is 2.81. The molecular formula is C20H19FN4O3. The van der Waals surface area contributed by atoms with E-state index in [2.05, 4.69) is 16.0 Å². The van der Waals surface area contributed by atoms with Gasteiger partial charge in [0.2, 0.25) is 5.91 Å². The molecule has 3 rings (SSSR count). The highest BCUT2D eigenvalue weighted by molar-refractivity contribution is 6.05. The Hall–Kier alpha value is -3.55. The van der Waals surface area contributed by atoms with E-state index in [-0.39, 0.29) is 29.9 Å². The molecule has 0 aliphatic carbocycles. The van der Waals surface area contributed by atoms with E-state index in [1.165, 1.54) is 10.7 Å². The molecule has 144 valence electrons. The smallest absolute Gasteiger partial charge is 0.273 e. The molecule has 1 aromatic heterocycles. The Kier molecular flexibility index (Phi) is 5.78. The first-order valence-corrected chi connectivity index (χ1v) is 8.83. The Morgan fingerprint density at radius 2 is 1.71 bits per heavy atom. The van der Waals surface area contributed by atoms with Crippen molar-refractivity contribution in [1.29, 1.82) is 0 Å². The lowest BCUT2D eigenvalue weighted by Gasteiger charge is -2.11. The van der Waals surface area contributed by atoms with Crippen molar-refractivity contribution in [2.45, 2.75) is 26.3 Å². The summed E-state index contributed by atoms with van der Waals surface area (Å²) in [5.74, 6) is -1.49. The monoisotopic (exact) mass is 382 g/mol. The molecule has 2 N–H and O–H groups in total. The number of hydrogen-bond donors (Lipinski definition) is 2. The molecule has 1 heterocycles. The largest absolute Gasteiger partial charge is 0.290 e. The van der Waals surface area contributed by atoms with E-state index in [1.807, 2.05) is 0 Å². The average molecular weight is 382 g/mol. The molecule has 2 amide bonds. The molecule has 2 aromatic carbocycles. The summed E-state index contributed by atoms with van der Waals surface area (Å²) >= 11 is 0. The van der Waals surface area contributed by atoms with Gasteiger partial charge in [0, 0.05) is 18.4 Å². The Morgan fingerprint density at radius 3 is 2.43 bits per heavy atom. The van der Waals surface area contributed by atoms with Crippen molar-refractivity contribution >= 4 is 22.6 Å². The van der Waals surface area contributed by atoms with Crippen LogP contribution in [0.25, 0.3) is 10.8 Å². The van der Waals surface area contributed by atoms with Crippen LogP contribution in [0.15, 0.2) is 53.3 Å². The van der Waals surface area contributed by atoms with E-state index >= 15 is 0 Å². The van der Waals surface area contributed by atoms with Crippen LogP contribution in [0.5, 0.6) is 0 Å². The maximum absolute atomic E-state index is 13.6. The van der Waals surface area contributed by atoms with E-state index in [9.17, 15) is 18.8 Å². The molecule has 0 radical (unpaired) electrons. The van der Waals surface area contributed by atoms with E-state index in [4.69, 9.17) is 0 Å². The number of nitrogens with one attached hydrogen (secondary N) is 2. The van der Waals surface area contributed by atoms with Crippen LogP contribution in [0.4, 0.5) is 4.39 Å². The second kappa shape index (κ2) is 8.43. The quantitative estimate of drug-likeness (QED) is 0.660. The molecule has 0 bridgehead atoms. The molecule has 0 atom stereocenters. The summed E-state index contributed by atoms with van der Waals surface area (Å²) in [6.45, 7) is 2.05. The molecule has 7 nitrogen and oxygen atoms in total. The van der Waals surface area contributed by atoms with Crippen LogP contribution in [0.1, 0.15) is 29.4 Å². The molecule has 0 fully saturated rings. The van der Waals surface area contributed by atoms with Gasteiger partial charge in [0.25, 0.3) is 11.5 Å². The van der Waals surface area contributed by atoms with Gasteiger partial charge in [-0.3, -0.25) is 25.2 Å². The second-order valence-electron chi connectivity index (χ2n) is 6.11. The van der Waals surface area contributed by atoms with Gasteiger partial charge in [-0.05, 0) is 31.0 Å². The highest BCUT2D eigenvalue weighted by Crippen LogP contribution is 2.13. The second-order valence-corrected chi connectivity index (χ2v) is 6.11. The number of hydrazine groups is 1. The summed E-state index contributed by atoms with van der Waals surface area (Å²) in [6.07, 6.45) is 0.208. The first kappa shape index (κ1) is 19.2. The Bertz CT molecular complexity index is 1090. The minimum atomic E-state index is -0.641. The molecule has 0 spiro atoms. The lowest BCUT2D eigenvalue weighted by atomic mass is 10.1. The van der Waals surface area contributed by atoms with Crippen molar-refractivity contribution in [3.63, 3.8) is 0 Å². The number of benzene rings is 2. The fourth-order valence-corrected chi connectivity index (χ4v) is 2.81. The Labute approximate surface area is 160 Å². The number of rotatable bonds is 5. The summed E-state index contributed by atoms with van der Waals surface area (Å²) < 4.78 is 14.8. The van der Waals surface area contributed by atoms with Gasteiger partial charge in [-0.15, -0.1) is 0 Å². The van der Waals surface area contributed by atoms with Gasteiger partial charge in [0.1, 0.15) is 5.82 Å². The summed E-state index contributed by atoms with van der Waals surface area (Å²) in [6, 6.07) is 12.8. The molecule has 0 saturated heterocycles. The average Bonchev–Trinajstić information content (AvgIpc) is 2.72. The zero-order valence-electron chi connectivity index (χ0n) is 15.2. The molecule has 0 aliphatic heterocycles. The third-order valence-corrected chi connectivity index (χ3v) is 4.28. The molecule has 8 heteroatoms. The number of halogens is 1. The van der Waals surface area contributed by atoms with Crippen molar-refractivity contribution in [3.05, 3.63) is 76.0 Å². The summed E-state index contributed by atoms with van der Waals surface area (Å²) in [7, 11) is 0. The van der Waals surface area contributed by atoms with E-state index in [1.54, 1.807) is 49.4 Å². The van der Waals surface area contributed by atoms with Crippen molar-refractivity contribution in [2.75, 3.05) is 0 Å². The molecule has 0 saturated carbocycles. The van der Waals surface area contributed by atoms with E-state index in [0.29, 0.717) is 22.9 Å². The zero-order valence-corrected chi connectivity index (χ0v) is 15.2. The van der Waals surface area contributed by atoms with Crippen LogP contribution in [-0.2, 0) is 17.8 Å². The van der Waals surface area contributed by atoms with Crippen LogP contribution < -0.4 is 16.4 Å². The van der Waals surface area contributed by atoms with Crippen molar-refractivity contribution in [2.24, 2.45) is 0 Å². The standard InChI is InChI=1S/C20H19FN4O3/c1-2-25-20(28)15-9-5-4-8-14(15)18(24-25)19(27)23-22-17(26)12-11-13-7-3-6-10-16(13)21/h3-10H,2,11-12H2,1H3,(H,22,26)(H,23,27). The van der Waals surface area contributed by atoms with Crippen molar-refractivity contribution in [3.8, 4) is 0 Å².